The Balaban J connectivity index is 1.41. The van der Waals surface area contributed by atoms with Gasteiger partial charge in [0.2, 0.25) is 0 Å². The molecular weight excluding hydrogens is 287 g/mol. The molecule has 0 spiro atoms. The van der Waals surface area contributed by atoms with Gasteiger partial charge in [-0.3, -0.25) is 4.90 Å². The lowest BCUT2D eigenvalue weighted by Crippen LogP contribution is -2.47. The fourth-order valence-electron chi connectivity index (χ4n) is 2.49. The van der Waals surface area contributed by atoms with Gasteiger partial charge in [0.05, 0.1) is 5.69 Å². The van der Waals surface area contributed by atoms with Crippen molar-refractivity contribution >= 4 is 22.2 Å². The lowest BCUT2D eigenvalue weighted by Gasteiger charge is -2.34. The van der Waals surface area contributed by atoms with Crippen molar-refractivity contribution in [1.82, 2.24) is 9.88 Å². The van der Waals surface area contributed by atoms with E-state index in [2.05, 4.69) is 20.1 Å². The lowest BCUT2D eigenvalue weighted by molar-refractivity contribution is 0.267. The van der Waals surface area contributed by atoms with Crippen LogP contribution in [0.2, 0.25) is 0 Å². The second-order valence-corrected chi connectivity index (χ2v) is 5.92. The minimum Gasteiger partial charge on any atom is -0.381 e. The number of benzene rings is 1. The zero-order valence-corrected chi connectivity index (χ0v) is 12.7. The number of hydrogen-bond acceptors (Lipinski definition) is 5. The molecule has 0 bridgehead atoms. The van der Waals surface area contributed by atoms with Crippen molar-refractivity contribution in [3.05, 3.63) is 41.7 Å². The van der Waals surface area contributed by atoms with Crippen molar-refractivity contribution in [3.8, 4) is 0 Å². The summed E-state index contributed by atoms with van der Waals surface area (Å²) in [4.78, 5) is 9.07. The van der Waals surface area contributed by atoms with E-state index in [9.17, 15) is 4.39 Å². The Morgan fingerprint density at radius 3 is 2.71 bits per heavy atom. The molecule has 6 heteroatoms. The molecule has 1 fully saturated rings. The third-order valence-corrected chi connectivity index (χ3v) is 4.51. The number of hydrogen-bond donors (Lipinski definition) is 1. The molecule has 1 aliphatic rings. The van der Waals surface area contributed by atoms with E-state index in [-0.39, 0.29) is 5.82 Å². The van der Waals surface area contributed by atoms with Crippen LogP contribution >= 0.6 is 11.3 Å². The van der Waals surface area contributed by atoms with E-state index in [4.69, 9.17) is 0 Å². The van der Waals surface area contributed by atoms with Gasteiger partial charge in [-0.2, -0.15) is 0 Å². The van der Waals surface area contributed by atoms with E-state index in [0.717, 1.165) is 44.4 Å². The van der Waals surface area contributed by atoms with Gasteiger partial charge in [-0.1, -0.05) is 12.1 Å². The minimum atomic E-state index is -0.189. The molecule has 1 aliphatic heterocycles. The summed E-state index contributed by atoms with van der Waals surface area (Å²) < 4.78 is 13.5. The summed E-state index contributed by atoms with van der Waals surface area (Å²) in [7, 11) is 0. The number of nitrogens with one attached hydrogen (secondary N) is 1. The molecule has 4 nitrogen and oxygen atoms in total. The number of aromatic nitrogens is 1. The van der Waals surface area contributed by atoms with E-state index in [1.165, 1.54) is 6.07 Å². The first-order chi connectivity index (χ1) is 10.3. The Labute approximate surface area is 128 Å². The summed E-state index contributed by atoms with van der Waals surface area (Å²) in [5.41, 5.74) is 0.582. The van der Waals surface area contributed by atoms with Crippen molar-refractivity contribution in [1.29, 1.82) is 0 Å². The summed E-state index contributed by atoms with van der Waals surface area (Å²) in [6.45, 7) is 5.76. The summed E-state index contributed by atoms with van der Waals surface area (Å²) in [6.07, 6.45) is 1.85. The Hall–Kier alpha value is -1.66. The van der Waals surface area contributed by atoms with Crippen LogP contribution in [0.25, 0.3) is 0 Å². The van der Waals surface area contributed by atoms with Crippen molar-refractivity contribution in [2.24, 2.45) is 0 Å². The minimum absolute atomic E-state index is 0.189. The molecule has 1 saturated heterocycles. The van der Waals surface area contributed by atoms with Gasteiger partial charge in [-0.05, 0) is 12.1 Å². The van der Waals surface area contributed by atoms with Crippen molar-refractivity contribution in [3.63, 3.8) is 0 Å². The largest absolute Gasteiger partial charge is 0.381 e. The van der Waals surface area contributed by atoms with Crippen LogP contribution in [0.4, 0.5) is 15.2 Å². The van der Waals surface area contributed by atoms with Crippen LogP contribution in [0.1, 0.15) is 0 Å². The van der Waals surface area contributed by atoms with Crippen LogP contribution in [0.3, 0.4) is 0 Å². The normalized spacial score (nSPS) is 16.1. The first kappa shape index (κ1) is 14.3. The molecule has 1 aromatic heterocycles. The molecule has 0 amide bonds. The third kappa shape index (κ3) is 3.71. The molecule has 2 heterocycles. The van der Waals surface area contributed by atoms with E-state index in [1.54, 1.807) is 23.5 Å². The van der Waals surface area contributed by atoms with Gasteiger partial charge in [0, 0.05) is 50.8 Å². The molecular formula is C15H19FN4S. The van der Waals surface area contributed by atoms with E-state index >= 15 is 0 Å². The third-order valence-electron chi connectivity index (χ3n) is 3.68. The molecule has 21 heavy (non-hydrogen) atoms. The van der Waals surface area contributed by atoms with Gasteiger partial charge in [0.15, 0.2) is 5.13 Å². The molecule has 3 rings (SSSR count). The molecule has 2 aromatic rings. The maximum absolute atomic E-state index is 13.5. The van der Waals surface area contributed by atoms with E-state index in [1.807, 2.05) is 17.6 Å². The quantitative estimate of drug-likeness (QED) is 0.920. The van der Waals surface area contributed by atoms with Crippen molar-refractivity contribution < 1.29 is 4.39 Å². The predicted octanol–water partition coefficient (Wildman–Crippen LogP) is 2.52. The molecule has 1 aromatic carbocycles. The Morgan fingerprint density at radius 1 is 1.19 bits per heavy atom. The van der Waals surface area contributed by atoms with Gasteiger partial charge in [0.25, 0.3) is 0 Å². The zero-order valence-electron chi connectivity index (χ0n) is 11.8. The van der Waals surface area contributed by atoms with Crippen LogP contribution in [0.5, 0.6) is 0 Å². The molecule has 0 aliphatic carbocycles. The molecule has 0 saturated carbocycles. The average molecular weight is 306 g/mol. The summed E-state index contributed by atoms with van der Waals surface area (Å²) >= 11 is 1.69. The number of piperazine rings is 1. The number of halogens is 1. The van der Waals surface area contributed by atoms with Crippen LogP contribution in [0.15, 0.2) is 35.8 Å². The summed E-state index contributed by atoms with van der Waals surface area (Å²) in [5, 5.41) is 6.28. The van der Waals surface area contributed by atoms with E-state index in [0.29, 0.717) is 5.69 Å². The highest BCUT2D eigenvalue weighted by molar-refractivity contribution is 7.13. The van der Waals surface area contributed by atoms with Gasteiger partial charge >= 0.3 is 0 Å². The Kier molecular flexibility index (Phi) is 4.67. The lowest BCUT2D eigenvalue weighted by atomic mass is 10.3. The van der Waals surface area contributed by atoms with Gasteiger partial charge in [0.1, 0.15) is 5.82 Å². The maximum Gasteiger partial charge on any atom is 0.185 e. The Bertz CT molecular complexity index is 553. The summed E-state index contributed by atoms with van der Waals surface area (Å²) in [6, 6.07) is 6.81. The maximum atomic E-state index is 13.5. The molecule has 1 N–H and O–H groups in total. The van der Waals surface area contributed by atoms with Crippen LogP contribution < -0.4 is 10.2 Å². The fraction of sp³-hybridized carbons (Fsp3) is 0.400. The SMILES string of the molecule is Fc1ccccc1NCCN1CCN(c2nccs2)CC1. The van der Waals surface area contributed by atoms with Crippen LogP contribution in [-0.2, 0) is 0 Å². The van der Waals surface area contributed by atoms with Gasteiger partial charge < -0.3 is 10.2 Å². The second-order valence-electron chi connectivity index (χ2n) is 5.05. The zero-order chi connectivity index (χ0) is 14.5. The number of nitrogens with zero attached hydrogens (tertiary/aromatic N) is 3. The first-order valence-corrected chi connectivity index (χ1v) is 8.06. The van der Waals surface area contributed by atoms with Crippen LogP contribution in [0, 0.1) is 5.82 Å². The monoisotopic (exact) mass is 306 g/mol. The van der Waals surface area contributed by atoms with Gasteiger partial charge in [-0.15, -0.1) is 11.3 Å². The van der Waals surface area contributed by atoms with Crippen molar-refractivity contribution in [2.45, 2.75) is 0 Å². The number of rotatable bonds is 5. The molecule has 0 radical (unpaired) electrons. The Morgan fingerprint density at radius 2 is 2.00 bits per heavy atom. The highest BCUT2D eigenvalue weighted by atomic mass is 32.1. The topological polar surface area (TPSA) is 31.4 Å². The number of thiazole rings is 1. The van der Waals surface area contributed by atoms with Gasteiger partial charge in [-0.25, -0.2) is 9.37 Å². The summed E-state index contributed by atoms with van der Waals surface area (Å²) in [5.74, 6) is -0.189. The number of anilines is 2. The van der Waals surface area contributed by atoms with E-state index < -0.39 is 0 Å². The molecule has 0 unspecified atom stereocenters. The van der Waals surface area contributed by atoms with Crippen molar-refractivity contribution in [2.75, 3.05) is 49.5 Å². The highest BCUT2D eigenvalue weighted by Gasteiger charge is 2.18. The molecule has 0 atom stereocenters. The first-order valence-electron chi connectivity index (χ1n) is 7.18. The predicted molar refractivity (Wildman–Crippen MR) is 85.7 cm³/mol. The average Bonchev–Trinajstić information content (AvgIpc) is 3.04. The van der Waals surface area contributed by atoms with Crippen LogP contribution in [-0.4, -0.2) is 49.2 Å². The fourth-order valence-corrected chi connectivity index (χ4v) is 3.18. The second kappa shape index (κ2) is 6.87. The smallest absolute Gasteiger partial charge is 0.185 e. The number of para-hydroxylation sites is 1. The standard InChI is InChI=1S/C15H19FN4S/c16-13-3-1-2-4-14(13)17-5-7-19-8-10-20(11-9-19)15-18-6-12-21-15/h1-4,6,12,17H,5,7-11H2. The molecule has 112 valence electrons. The highest BCUT2D eigenvalue weighted by Crippen LogP contribution is 2.18.